The maximum Gasteiger partial charge on any atom is 0.119 e. The van der Waals surface area contributed by atoms with Gasteiger partial charge >= 0.3 is 0 Å². The first-order valence-corrected chi connectivity index (χ1v) is 13.8. The molecule has 5 rings (SSSR count). The molecule has 0 radical (unpaired) electrons. The molecule has 6 heteroatoms. The van der Waals surface area contributed by atoms with Gasteiger partial charge in [0.25, 0.3) is 0 Å². The molecule has 1 unspecified atom stereocenters. The third-order valence-corrected chi connectivity index (χ3v) is 7.87. The van der Waals surface area contributed by atoms with Crippen LogP contribution in [0.3, 0.4) is 0 Å². The summed E-state index contributed by atoms with van der Waals surface area (Å²) in [6, 6.07) is 25.0. The van der Waals surface area contributed by atoms with Crippen molar-refractivity contribution in [3.8, 4) is 11.3 Å². The van der Waals surface area contributed by atoms with E-state index < -0.39 is 11.0 Å². The summed E-state index contributed by atoms with van der Waals surface area (Å²) in [4.78, 5) is 5.80. The number of rotatable bonds is 5. The van der Waals surface area contributed by atoms with Gasteiger partial charge in [-0.05, 0) is 78.7 Å². The maximum atomic E-state index is 12.0. The molecule has 4 aromatic rings. The zero-order valence-electron chi connectivity index (χ0n) is 20.0. The smallest absolute Gasteiger partial charge is 0.119 e. The maximum absolute atomic E-state index is 12.0. The van der Waals surface area contributed by atoms with Gasteiger partial charge in [-0.1, -0.05) is 50.6 Å². The van der Waals surface area contributed by atoms with E-state index in [2.05, 4.69) is 85.1 Å². The van der Waals surface area contributed by atoms with E-state index in [9.17, 15) is 4.21 Å². The average Bonchev–Trinajstić information content (AvgIpc) is 3.30. The molecule has 1 aliphatic heterocycles. The number of nitrogens with zero attached hydrogens (tertiary/aromatic N) is 2. The molecule has 1 aliphatic rings. The Morgan fingerprint density at radius 3 is 2.53 bits per heavy atom. The van der Waals surface area contributed by atoms with Crippen LogP contribution in [-0.4, -0.2) is 21.5 Å². The van der Waals surface area contributed by atoms with E-state index in [1.165, 1.54) is 17.4 Å². The third kappa shape index (κ3) is 5.62. The quantitative estimate of drug-likeness (QED) is 0.293. The molecule has 1 N–H and O–H groups in total. The Labute approximate surface area is 209 Å². The second-order valence-corrected chi connectivity index (χ2v) is 10.7. The van der Waals surface area contributed by atoms with Crippen molar-refractivity contribution < 1.29 is 4.21 Å². The van der Waals surface area contributed by atoms with Crippen LogP contribution in [0.15, 0.2) is 83.9 Å². The summed E-state index contributed by atoms with van der Waals surface area (Å²) < 4.78 is 17.5. The fourth-order valence-corrected chi connectivity index (χ4v) is 5.78. The van der Waals surface area contributed by atoms with Gasteiger partial charge in [-0.25, -0.2) is 4.21 Å². The molecule has 34 heavy (non-hydrogen) atoms. The number of hydrogen-bond acceptors (Lipinski definition) is 4. The molecule has 0 bridgehead atoms. The summed E-state index contributed by atoms with van der Waals surface area (Å²) in [7, 11) is -0.880. The summed E-state index contributed by atoms with van der Waals surface area (Å²) in [6.07, 6.45) is 4.12. The molecular weight excluding hydrogens is 458 g/mol. The zero-order valence-corrected chi connectivity index (χ0v) is 21.6. The second-order valence-electron chi connectivity index (χ2n) is 8.30. The highest BCUT2D eigenvalue weighted by atomic mass is 32.2. The van der Waals surface area contributed by atoms with E-state index >= 15 is 0 Å². The first kappa shape index (κ1) is 24.3. The van der Waals surface area contributed by atoms with Crippen LogP contribution in [0.1, 0.15) is 32.3 Å². The second kappa shape index (κ2) is 11.5. The predicted octanol–water partition coefficient (Wildman–Crippen LogP) is 7.62. The molecule has 3 aromatic carbocycles. The van der Waals surface area contributed by atoms with Gasteiger partial charge in [-0.3, -0.25) is 9.29 Å². The lowest BCUT2D eigenvalue weighted by Gasteiger charge is -2.16. The van der Waals surface area contributed by atoms with Crippen molar-refractivity contribution in [3.63, 3.8) is 0 Å². The normalized spacial score (nSPS) is 15.1. The van der Waals surface area contributed by atoms with Crippen LogP contribution in [0.5, 0.6) is 0 Å². The van der Waals surface area contributed by atoms with Gasteiger partial charge in [0.05, 0.1) is 5.69 Å². The molecule has 1 aromatic heterocycles. The van der Waals surface area contributed by atoms with E-state index in [1.54, 1.807) is 11.9 Å². The van der Waals surface area contributed by atoms with Gasteiger partial charge in [-0.15, -0.1) is 0 Å². The Hall–Kier alpha value is -2.83. The van der Waals surface area contributed by atoms with Gasteiger partial charge in [0, 0.05) is 45.7 Å². The van der Waals surface area contributed by atoms with Crippen LogP contribution < -0.4 is 9.03 Å². The van der Waals surface area contributed by atoms with E-state index in [0.717, 1.165) is 51.6 Å². The van der Waals surface area contributed by atoms with E-state index in [0.29, 0.717) is 0 Å². The number of aryl methyl sites for hydroxylation is 1. The van der Waals surface area contributed by atoms with Crippen LogP contribution in [-0.2, 0) is 11.0 Å². The summed E-state index contributed by atoms with van der Waals surface area (Å²) in [5, 5.41) is 2.35. The number of anilines is 2. The SMILES string of the molecule is CCC.Cc1ccc(NSc2ccc(N3CCCS3=O)cc2)cc1-c1nccc2ccccc12. The fourth-order valence-electron chi connectivity index (χ4n) is 3.86. The molecule has 176 valence electrons. The van der Waals surface area contributed by atoms with Crippen molar-refractivity contribution in [3.05, 3.63) is 84.6 Å². The van der Waals surface area contributed by atoms with Crippen LogP contribution >= 0.6 is 11.9 Å². The number of benzene rings is 3. The number of pyridine rings is 1. The zero-order chi connectivity index (χ0) is 23.9. The summed E-state index contributed by atoms with van der Waals surface area (Å²) in [5.74, 6) is 0.763. The Kier molecular flexibility index (Phi) is 8.25. The molecule has 0 amide bonds. The molecule has 0 saturated carbocycles. The predicted molar refractivity (Wildman–Crippen MR) is 149 cm³/mol. The first-order valence-electron chi connectivity index (χ1n) is 11.7. The lowest BCUT2D eigenvalue weighted by Crippen LogP contribution is -2.19. The third-order valence-electron chi connectivity index (χ3n) is 5.50. The minimum Gasteiger partial charge on any atom is -0.326 e. The molecule has 1 atom stereocenters. The van der Waals surface area contributed by atoms with E-state index in [-0.39, 0.29) is 0 Å². The topological polar surface area (TPSA) is 45.2 Å². The summed E-state index contributed by atoms with van der Waals surface area (Å²) >= 11 is 1.57. The minimum absolute atomic E-state index is 0.763. The van der Waals surface area contributed by atoms with Gasteiger partial charge in [-0.2, -0.15) is 0 Å². The van der Waals surface area contributed by atoms with Crippen LogP contribution in [0, 0.1) is 6.92 Å². The number of aromatic nitrogens is 1. The average molecular weight is 490 g/mol. The molecule has 1 fully saturated rings. The van der Waals surface area contributed by atoms with Crippen LogP contribution in [0.4, 0.5) is 11.4 Å². The summed E-state index contributed by atoms with van der Waals surface area (Å²) in [6.45, 7) is 7.24. The Balaban J connectivity index is 0.000000868. The molecule has 0 aliphatic carbocycles. The van der Waals surface area contributed by atoms with Gasteiger partial charge in [0.1, 0.15) is 11.0 Å². The molecule has 1 saturated heterocycles. The lowest BCUT2D eigenvalue weighted by molar-refractivity contribution is 0.685. The van der Waals surface area contributed by atoms with Crippen molar-refractivity contribution in [2.24, 2.45) is 0 Å². The van der Waals surface area contributed by atoms with Gasteiger partial charge in [0.2, 0.25) is 0 Å². The lowest BCUT2D eigenvalue weighted by atomic mass is 10.00. The van der Waals surface area contributed by atoms with E-state index in [1.807, 2.05) is 28.7 Å². The Morgan fingerprint density at radius 2 is 1.79 bits per heavy atom. The largest absolute Gasteiger partial charge is 0.326 e. The molecule has 4 nitrogen and oxygen atoms in total. The Morgan fingerprint density at radius 1 is 1.03 bits per heavy atom. The van der Waals surface area contributed by atoms with Crippen molar-refractivity contribution in [1.82, 2.24) is 4.98 Å². The summed E-state index contributed by atoms with van der Waals surface area (Å²) in [5.41, 5.74) is 5.40. The molecule has 0 spiro atoms. The van der Waals surface area contributed by atoms with E-state index in [4.69, 9.17) is 0 Å². The highest BCUT2D eigenvalue weighted by Crippen LogP contribution is 2.32. The highest BCUT2D eigenvalue weighted by Gasteiger charge is 2.20. The minimum atomic E-state index is -0.880. The number of fused-ring (bicyclic) bond motifs is 1. The van der Waals surface area contributed by atoms with Gasteiger partial charge < -0.3 is 4.72 Å². The van der Waals surface area contributed by atoms with Crippen molar-refractivity contribution in [1.29, 1.82) is 0 Å². The molecule has 2 heterocycles. The van der Waals surface area contributed by atoms with Crippen molar-refractivity contribution in [2.75, 3.05) is 21.3 Å². The van der Waals surface area contributed by atoms with Crippen LogP contribution in [0.25, 0.3) is 22.0 Å². The number of nitrogens with one attached hydrogen (secondary N) is 1. The van der Waals surface area contributed by atoms with Crippen molar-refractivity contribution in [2.45, 2.75) is 38.5 Å². The van der Waals surface area contributed by atoms with Gasteiger partial charge in [0.15, 0.2) is 0 Å². The Bertz CT molecular complexity index is 1270. The monoisotopic (exact) mass is 489 g/mol. The number of hydrogen-bond donors (Lipinski definition) is 1. The molecular formula is C28H31N3OS2. The fraction of sp³-hybridized carbons (Fsp3) is 0.250. The van der Waals surface area contributed by atoms with Crippen molar-refractivity contribution >= 4 is 45.1 Å². The highest BCUT2D eigenvalue weighted by molar-refractivity contribution is 8.00. The first-order chi connectivity index (χ1) is 16.6. The van der Waals surface area contributed by atoms with Crippen LogP contribution in [0.2, 0.25) is 0 Å². The standard InChI is InChI=1S/C25H23N3OS2.C3H8/c1-18-7-8-20(17-24(18)25-23-6-3-2-5-19(23)13-14-26-25)27-30-22-11-9-21(10-12-22)28-15-4-16-31(28)29;1-3-2/h2-3,5-14,17,27H,4,15-16H2,1H3;3H2,1-2H3.